The van der Waals surface area contributed by atoms with Gasteiger partial charge >= 0.3 is 0 Å². The predicted molar refractivity (Wildman–Crippen MR) is 133 cm³/mol. The van der Waals surface area contributed by atoms with Gasteiger partial charge in [-0.3, -0.25) is 9.80 Å². The van der Waals surface area contributed by atoms with E-state index in [9.17, 15) is 51.1 Å². The Hall–Kier alpha value is -0.560. The molecule has 2 saturated heterocycles. The van der Waals surface area contributed by atoms with Gasteiger partial charge in [-0.2, -0.15) is 0 Å². The molecule has 0 aromatic heterocycles. The molecule has 2 aliphatic heterocycles. The summed E-state index contributed by atoms with van der Waals surface area (Å²) < 4.78 is 12.0. The monoisotopic (exact) mass is 556 g/mol. The van der Waals surface area contributed by atoms with E-state index >= 15 is 0 Å². The smallest absolute Gasteiger partial charge is 0.114 e. The highest BCUT2D eigenvalue weighted by atomic mass is 16.6. The summed E-state index contributed by atoms with van der Waals surface area (Å²) in [6, 6.07) is -1.93. The van der Waals surface area contributed by atoms with Crippen molar-refractivity contribution in [2.45, 2.75) is 113 Å². The van der Waals surface area contributed by atoms with Crippen molar-refractivity contribution in [2.24, 2.45) is 0 Å². The van der Waals surface area contributed by atoms with Crippen LogP contribution in [0.2, 0.25) is 0 Å². The third-order valence-corrected chi connectivity index (χ3v) is 7.22. The number of rotatable bonds is 13. The van der Waals surface area contributed by atoms with E-state index in [0.29, 0.717) is 0 Å². The summed E-state index contributed by atoms with van der Waals surface area (Å²) in [4.78, 5) is 2.87. The molecule has 226 valence electrons. The zero-order valence-corrected chi connectivity index (χ0v) is 22.5. The second-order valence-corrected chi connectivity index (χ2v) is 10.9. The van der Waals surface area contributed by atoms with Gasteiger partial charge in [-0.05, 0) is 27.7 Å². The summed E-state index contributed by atoms with van der Waals surface area (Å²) in [5.41, 5.74) is 0. The zero-order chi connectivity index (χ0) is 28.9. The first-order chi connectivity index (χ1) is 17.7. The van der Waals surface area contributed by atoms with Crippen LogP contribution in [-0.2, 0) is 9.47 Å². The van der Waals surface area contributed by atoms with Crippen LogP contribution >= 0.6 is 0 Å². The fraction of sp³-hybridized carbons (Fsp3) is 1.00. The molecular weight excluding hydrogens is 508 g/mol. The van der Waals surface area contributed by atoms with Crippen LogP contribution in [-0.4, -0.2) is 186 Å². The Balaban J connectivity index is 2.29. The van der Waals surface area contributed by atoms with E-state index < -0.39 is 98.5 Å². The van der Waals surface area contributed by atoms with E-state index in [-0.39, 0.29) is 26.2 Å². The minimum absolute atomic E-state index is 0.142. The highest BCUT2D eigenvalue weighted by Crippen LogP contribution is 2.25. The Kier molecular flexibility index (Phi) is 13.2. The molecular formula is C24H48N2O12. The van der Waals surface area contributed by atoms with E-state index in [4.69, 9.17) is 9.47 Å². The van der Waals surface area contributed by atoms with Gasteiger partial charge < -0.3 is 60.5 Å². The fourth-order valence-electron chi connectivity index (χ4n) is 5.27. The first kappa shape index (κ1) is 33.6. The van der Waals surface area contributed by atoms with Crippen LogP contribution in [0.5, 0.6) is 0 Å². The Labute approximate surface area is 223 Å². The maximum absolute atomic E-state index is 11.3. The maximum Gasteiger partial charge on any atom is 0.114 e. The van der Waals surface area contributed by atoms with Gasteiger partial charge in [0.1, 0.15) is 36.6 Å². The average molecular weight is 557 g/mol. The molecule has 0 aromatic carbocycles. The topological polar surface area (TPSA) is 227 Å². The number of aliphatic hydroxyl groups excluding tert-OH is 10. The predicted octanol–water partition coefficient (Wildman–Crippen LogP) is -5.19. The number of β-amino-alcohol motifs (C(OH)–C–C–N with tert-alkyl or cyclic N) is 4. The lowest BCUT2D eigenvalue weighted by Crippen LogP contribution is -2.66. The molecule has 2 aliphatic rings. The molecule has 2 fully saturated rings. The SMILES string of the molecule is CC(C)O[C@@H]([C@H](OC(C)C)[C@H](O)CN1C[C@@H](O)[C@@H](O)[C@H](O)[C@@H]1CO)[C@H](O)CN1C[C@@H](O)[C@@H](O)[C@H](O)[C@@H]1CO. The Morgan fingerprint density at radius 3 is 1.18 bits per heavy atom. The lowest BCUT2D eigenvalue weighted by atomic mass is 9.92. The van der Waals surface area contributed by atoms with Crippen LogP contribution < -0.4 is 0 Å². The highest BCUT2D eigenvalue weighted by molar-refractivity contribution is 4.98. The van der Waals surface area contributed by atoms with Gasteiger partial charge in [0, 0.05) is 26.2 Å². The second kappa shape index (κ2) is 14.9. The molecule has 38 heavy (non-hydrogen) atoms. The molecule has 0 aromatic rings. The van der Waals surface area contributed by atoms with Crippen LogP contribution in [0, 0.1) is 0 Å². The van der Waals surface area contributed by atoms with Crippen molar-refractivity contribution < 1.29 is 60.5 Å². The van der Waals surface area contributed by atoms with Crippen molar-refractivity contribution >= 4 is 0 Å². The number of ether oxygens (including phenoxy) is 2. The second-order valence-electron chi connectivity index (χ2n) is 10.9. The summed E-state index contributed by atoms with van der Waals surface area (Å²) >= 11 is 0. The summed E-state index contributed by atoms with van der Waals surface area (Å²) in [7, 11) is 0. The number of likely N-dealkylation sites (tertiary alicyclic amines) is 2. The van der Waals surface area contributed by atoms with Crippen LogP contribution in [0.25, 0.3) is 0 Å². The van der Waals surface area contributed by atoms with Gasteiger partial charge in [-0.1, -0.05) is 0 Å². The molecule has 0 unspecified atom stereocenters. The minimum Gasteiger partial charge on any atom is -0.395 e. The number of hydrogen-bond donors (Lipinski definition) is 10. The van der Waals surface area contributed by atoms with Gasteiger partial charge in [-0.15, -0.1) is 0 Å². The molecule has 10 N–H and O–H groups in total. The molecule has 0 aliphatic carbocycles. The van der Waals surface area contributed by atoms with E-state index in [2.05, 4.69) is 0 Å². The molecule has 12 atom stereocenters. The molecule has 0 spiro atoms. The largest absolute Gasteiger partial charge is 0.395 e. The standard InChI is InChI=1S/C24H48N2O12/c1-11(2)37-23(17(31)7-25-5-15(29)21(35)19(33)13(25)9-27)24(38-12(3)4)18(32)8-26-6-16(30)22(36)20(34)14(26)10-28/h11-24,27-36H,5-10H2,1-4H3/t13-,14-,15+,16+,17+,18+,19+,20+,21+,22+,23+,24+/m0/s1. The Bertz CT molecular complexity index is 635. The Morgan fingerprint density at radius 1 is 0.605 bits per heavy atom. The third kappa shape index (κ3) is 8.24. The van der Waals surface area contributed by atoms with Gasteiger partial charge in [0.15, 0.2) is 0 Å². The van der Waals surface area contributed by atoms with Gasteiger partial charge in [-0.25, -0.2) is 0 Å². The first-order valence-electron chi connectivity index (χ1n) is 13.2. The van der Waals surface area contributed by atoms with Crippen molar-refractivity contribution in [1.29, 1.82) is 0 Å². The fourth-order valence-corrected chi connectivity index (χ4v) is 5.27. The lowest BCUT2D eigenvalue weighted by Gasteiger charge is -2.46. The van der Waals surface area contributed by atoms with Crippen LogP contribution in [0.1, 0.15) is 27.7 Å². The van der Waals surface area contributed by atoms with Crippen molar-refractivity contribution in [3.05, 3.63) is 0 Å². The number of aliphatic hydroxyl groups is 10. The minimum atomic E-state index is -1.46. The molecule has 2 heterocycles. The van der Waals surface area contributed by atoms with Gasteiger partial charge in [0.2, 0.25) is 0 Å². The Morgan fingerprint density at radius 2 is 0.921 bits per heavy atom. The molecule has 14 heteroatoms. The summed E-state index contributed by atoms with van der Waals surface area (Å²) in [6.07, 6.45) is -14.3. The normalized spacial score (nSPS) is 36.9. The van der Waals surface area contributed by atoms with E-state index in [1.807, 2.05) is 0 Å². The van der Waals surface area contributed by atoms with Crippen molar-refractivity contribution in [1.82, 2.24) is 9.80 Å². The maximum atomic E-state index is 11.3. The van der Waals surface area contributed by atoms with Crippen molar-refractivity contribution in [3.63, 3.8) is 0 Å². The van der Waals surface area contributed by atoms with Crippen LogP contribution in [0.15, 0.2) is 0 Å². The number of piperidine rings is 2. The zero-order valence-electron chi connectivity index (χ0n) is 22.5. The molecule has 0 radical (unpaired) electrons. The summed E-state index contributed by atoms with van der Waals surface area (Å²) in [5, 5.41) is 103. The van der Waals surface area contributed by atoms with Crippen LogP contribution in [0.4, 0.5) is 0 Å². The van der Waals surface area contributed by atoms with E-state index in [1.165, 1.54) is 9.80 Å². The number of hydrogen-bond acceptors (Lipinski definition) is 14. The lowest BCUT2D eigenvalue weighted by molar-refractivity contribution is -0.202. The molecule has 2 rings (SSSR count). The van der Waals surface area contributed by atoms with Gasteiger partial charge in [0.05, 0.1) is 61.9 Å². The quantitative estimate of drug-likeness (QED) is 0.102. The summed E-state index contributed by atoms with van der Waals surface area (Å²) in [5.74, 6) is 0. The molecule has 0 amide bonds. The van der Waals surface area contributed by atoms with Crippen molar-refractivity contribution in [3.8, 4) is 0 Å². The van der Waals surface area contributed by atoms with Gasteiger partial charge in [0.25, 0.3) is 0 Å². The average Bonchev–Trinajstić information content (AvgIpc) is 2.83. The van der Waals surface area contributed by atoms with Crippen LogP contribution in [0.3, 0.4) is 0 Å². The van der Waals surface area contributed by atoms with E-state index in [0.717, 1.165) is 0 Å². The molecule has 0 bridgehead atoms. The van der Waals surface area contributed by atoms with Crippen molar-refractivity contribution in [2.75, 3.05) is 39.4 Å². The first-order valence-corrected chi connectivity index (χ1v) is 13.2. The molecule has 0 saturated carbocycles. The number of nitrogens with zero attached hydrogens (tertiary/aromatic N) is 2. The highest BCUT2D eigenvalue weighted by Gasteiger charge is 2.46. The third-order valence-electron chi connectivity index (χ3n) is 7.22. The summed E-state index contributed by atoms with van der Waals surface area (Å²) in [6.45, 7) is 5.10. The molecule has 14 nitrogen and oxygen atoms in total. The van der Waals surface area contributed by atoms with E-state index in [1.54, 1.807) is 27.7 Å².